The van der Waals surface area contributed by atoms with E-state index in [1.165, 1.54) is 0 Å². The Bertz CT molecular complexity index is 321. The van der Waals surface area contributed by atoms with E-state index in [2.05, 4.69) is 0 Å². The summed E-state index contributed by atoms with van der Waals surface area (Å²) >= 11 is 0. The second kappa shape index (κ2) is 4.53. The van der Waals surface area contributed by atoms with Crippen LogP contribution in [0.2, 0.25) is 0 Å². The molecule has 0 aliphatic rings. The van der Waals surface area contributed by atoms with E-state index in [1.54, 1.807) is 19.1 Å². The molecule has 0 saturated carbocycles. The van der Waals surface area contributed by atoms with Gasteiger partial charge in [-0.15, -0.1) is 0 Å². The molecule has 15 heavy (non-hydrogen) atoms. The minimum Gasteiger partial charge on any atom is -0.491 e. The Labute approximate surface area is 90.9 Å². The lowest BCUT2D eigenvalue weighted by molar-refractivity contribution is -0.0266. The molecular weight excluding hydrogens is 190 g/mol. The number of benzene rings is 1. The van der Waals surface area contributed by atoms with Gasteiger partial charge in [0.2, 0.25) is 0 Å². The smallest absolute Gasteiger partial charge is 0.121 e. The molecule has 3 heteroatoms. The molecule has 0 aliphatic carbocycles. The van der Waals surface area contributed by atoms with Crippen LogP contribution in [0, 0.1) is 5.92 Å². The third-order valence-electron chi connectivity index (χ3n) is 2.63. The monoisotopic (exact) mass is 209 g/mol. The summed E-state index contributed by atoms with van der Waals surface area (Å²) in [5.41, 5.74) is 5.46. The van der Waals surface area contributed by atoms with Gasteiger partial charge in [0.05, 0.1) is 5.60 Å². The van der Waals surface area contributed by atoms with Crippen LogP contribution in [-0.2, 0) is 0 Å². The number of nitrogen functional groups attached to an aromatic ring is 1. The number of ether oxygens (including phenoxy) is 1. The Kier molecular flexibility index (Phi) is 3.58. The van der Waals surface area contributed by atoms with Crippen molar-refractivity contribution in [3.63, 3.8) is 0 Å². The molecule has 0 amide bonds. The van der Waals surface area contributed by atoms with E-state index in [-0.39, 0.29) is 12.5 Å². The molecule has 3 nitrogen and oxygen atoms in total. The minimum atomic E-state index is -0.815. The largest absolute Gasteiger partial charge is 0.491 e. The Hall–Kier alpha value is -1.22. The third-order valence-corrected chi connectivity index (χ3v) is 2.63. The molecule has 1 rings (SSSR count). The second-order valence-electron chi connectivity index (χ2n) is 4.37. The van der Waals surface area contributed by atoms with E-state index in [0.29, 0.717) is 11.4 Å². The van der Waals surface area contributed by atoms with Crippen molar-refractivity contribution in [2.24, 2.45) is 5.92 Å². The highest BCUT2D eigenvalue weighted by atomic mass is 16.5. The van der Waals surface area contributed by atoms with Crippen LogP contribution in [0.25, 0.3) is 0 Å². The predicted octanol–water partition coefficient (Wildman–Crippen LogP) is 2.05. The first-order valence-electron chi connectivity index (χ1n) is 5.12. The van der Waals surface area contributed by atoms with Crippen LogP contribution in [0.5, 0.6) is 5.75 Å². The van der Waals surface area contributed by atoms with Gasteiger partial charge in [-0.2, -0.15) is 0 Å². The quantitative estimate of drug-likeness (QED) is 0.746. The van der Waals surface area contributed by atoms with Gasteiger partial charge in [0.15, 0.2) is 0 Å². The van der Waals surface area contributed by atoms with E-state index in [1.807, 2.05) is 26.0 Å². The normalized spacial score (nSPS) is 15.0. The maximum absolute atomic E-state index is 9.97. The summed E-state index contributed by atoms with van der Waals surface area (Å²) in [4.78, 5) is 0. The first-order valence-corrected chi connectivity index (χ1v) is 5.12. The maximum Gasteiger partial charge on any atom is 0.121 e. The molecule has 1 atom stereocenters. The summed E-state index contributed by atoms with van der Waals surface area (Å²) in [6.45, 7) is 5.96. The highest BCUT2D eigenvalue weighted by Crippen LogP contribution is 2.20. The Morgan fingerprint density at radius 2 is 2.13 bits per heavy atom. The number of hydrogen-bond acceptors (Lipinski definition) is 3. The fourth-order valence-electron chi connectivity index (χ4n) is 1.00. The zero-order valence-corrected chi connectivity index (χ0v) is 9.53. The summed E-state index contributed by atoms with van der Waals surface area (Å²) in [7, 11) is 0. The molecule has 0 fully saturated rings. The lowest BCUT2D eigenvalue weighted by Crippen LogP contribution is -2.37. The lowest BCUT2D eigenvalue weighted by atomic mass is 9.94. The number of aliphatic hydroxyl groups is 1. The van der Waals surface area contributed by atoms with Crippen molar-refractivity contribution >= 4 is 5.69 Å². The average molecular weight is 209 g/mol. The first-order chi connectivity index (χ1) is 6.92. The molecule has 0 heterocycles. The molecule has 0 spiro atoms. The van der Waals surface area contributed by atoms with E-state index in [9.17, 15) is 5.11 Å². The van der Waals surface area contributed by atoms with Gasteiger partial charge in [0.25, 0.3) is 0 Å². The fraction of sp³-hybridized carbons (Fsp3) is 0.500. The van der Waals surface area contributed by atoms with Gasteiger partial charge < -0.3 is 15.6 Å². The molecule has 0 saturated heterocycles. The van der Waals surface area contributed by atoms with E-state index >= 15 is 0 Å². The number of nitrogens with two attached hydrogens (primary N) is 1. The van der Waals surface area contributed by atoms with Crippen LogP contribution in [0.1, 0.15) is 20.8 Å². The van der Waals surface area contributed by atoms with Gasteiger partial charge in [0.1, 0.15) is 12.4 Å². The molecule has 1 unspecified atom stereocenters. The predicted molar refractivity (Wildman–Crippen MR) is 61.8 cm³/mol. The standard InChI is InChI=1S/C12H19NO2/c1-9(2)12(3,14)8-15-11-6-4-5-10(13)7-11/h4-7,9,14H,8,13H2,1-3H3. The summed E-state index contributed by atoms with van der Waals surface area (Å²) in [6.07, 6.45) is 0. The van der Waals surface area contributed by atoms with Crippen LogP contribution in [-0.4, -0.2) is 17.3 Å². The highest BCUT2D eigenvalue weighted by molar-refractivity contribution is 5.43. The van der Waals surface area contributed by atoms with Gasteiger partial charge in [-0.1, -0.05) is 19.9 Å². The number of anilines is 1. The van der Waals surface area contributed by atoms with Crippen molar-refractivity contribution < 1.29 is 9.84 Å². The zero-order valence-electron chi connectivity index (χ0n) is 9.53. The van der Waals surface area contributed by atoms with Crippen molar-refractivity contribution in [2.45, 2.75) is 26.4 Å². The SMILES string of the molecule is CC(C)C(C)(O)COc1cccc(N)c1. The lowest BCUT2D eigenvalue weighted by Gasteiger charge is -2.27. The second-order valence-corrected chi connectivity index (χ2v) is 4.37. The molecule has 1 aromatic carbocycles. The summed E-state index contributed by atoms with van der Waals surface area (Å²) in [5.74, 6) is 0.842. The Balaban J connectivity index is 2.57. The molecule has 1 aromatic rings. The molecule has 0 aliphatic heterocycles. The van der Waals surface area contributed by atoms with E-state index < -0.39 is 5.60 Å². The van der Waals surface area contributed by atoms with Crippen molar-refractivity contribution in [1.29, 1.82) is 0 Å². The van der Waals surface area contributed by atoms with Gasteiger partial charge >= 0.3 is 0 Å². The summed E-state index contributed by atoms with van der Waals surface area (Å²) in [6, 6.07) is 7.20. The van der Waals surface area contributed by atoms with Crippen molar-refractivity contribution in [2.75, 3.05) is 12.3 Å². The minimum absolute atomic E-state index is 0.151. The van der Waals surface area contributed by atoms with Crippen LogP contribution in [0.4, 0.5) is 5.69 Å². The van der Waals surface area contributed by atoms with Crippen LogP contribution in [0.3, 0.4) is 0 Å². The maximum atomic E-state index is 9.97. The topological polar surface area (TPSA) is 55.5 Å². The van der Waals surface area contributed by atoms with Crippen molar-refractivity contribution in [3.05, 3.63) is 24.3 Å². The first kappa shape index (κ1) is 11.9. The van der Waals surface area contributed by atoms with Crippen LogP contribution >= 0.6 is 0 Å². The van der Waals surface area contributed by atoms with Gasteiger partial charge in [0, 0.05) is 11.8 Å². The van der Waals surface area contributed by atoms with Crippen molar-refractivity contribution in [1.82, 2.24) is 0 Å². The molecule has 0 bridgehead atoms. The highest BCUT2D eigenvalue weighted by Gasteiger charge is 2.25. The van der Waals surface area contributed by atoms with Crippen LogP contribution < -0.4 is 10.5 Å². The number of rotatable bonds is 4. The molecular formula is C12H19NO2. The van der Waals surface area contributed by atoms with E-state index in [4.69, 9.17) is 10.5 Å². The summed E-state index contributed by atoms with van der Waals surface area (Å²) < 4.78 is 5.48. The molecule has 84 valence electrons. The molecule has 0 aromatic heterocycles. The fourth-order valence-corrected chi connectivity index (χ4v) is 1.00. The Morgan fingerprint density at radius 1 is 1.47 bits per heavy atom. The summed E-state index contributed by atoms with van der Waals surface area (Å²) in [5, 5.41) is 9.97. The average Bonchev–Trinajstić information content (AvgIpc) is 2.15. The van der Waals surface area contributed by atoms with Gasteiger partial charge in [-0.3, -0.25) is 0 Å². The van der Waals surface area contributed by atoms with Gasteiger partial charge in [-0.05, 0) is 25.0 Å². The van der Waals surface area contributed by atoms with E-state index in [0.717, 1.165) is 0 Å². The zero-order chi connectivity index (χ0) is 11.5. The van der Waals surface area contributed by atoms with Crippen LogP contribution in [0.15, 0.2) is 24.3 Å². The third kappa shape index (κ3) is 3.44. The Morgan fingerprint density at radius 3 is 2.67 bits per heavy atom. The molecule has 0 radical (unpaired) electrons. The molecule has 3 N–H and O–H groups in total. The number of hydrogen-bond donors (Lipinski definition) is 2. The van der Waals surface area contributed by atoms with Gasteiger partial charge in [-0.25, -0.2) is 0 Å². The van der Waals surface area contributed by atoms with Crippen molar-refractivity contribution in [3.8, 4) is 5.75 Å².